The highest BCUT2D eigenvalue weighted by atomic mass is 127. The Bertz CT molecular complexity index is 570. The lowest BCUT2D eigenvalue weighted by molar-refractivity contribution is 1.26. The van der Waals surface area contributed by atoms with Crippen LogP contribution in [0.1, 0.15) is 5.56 Å². The molecule has 2 rings (SSSR count). The van der Waals surface area contributed by atoms with E-state index in [4.69, 9.17) is 5.73 Å². The summed E-state index contributed by atoms with van der Waals surface area (Å²) < 4.78 is 1.18. The fourth-order valence-corrected chi connectivity index (χ4v) is 4.21. The number of anilines is 1. The molecule has 0 aliphatic heterocycles. The third-order valence-corrected chi connectivity index (χ3v) is 5.38. The van der Waals surface area contributed by atoms with E-state index in [-0.39, 0.29) is 0 Å². The molecule has 0 aliphatic carbocycles. The summed E-state index contributed by atoms with van der Waals surface area (Å²) >= 11 is 4.06. The van der Waals surface area contributed by atoms with Gasteiger partial charge in [-0.1, -0.05) is 30.0 Å². The lowest BCUT2D eigenvalue weighted by Crippen LogP contribution is -2.00. The topological polar surface area (TPSA) is 26.0 Å². The number of benzene rings is 2. The molecule has 0 aliphatic rings. The smallest absolute Gasteiger partial charge is 0.133 e. The summed E-state index contributed by atoms with van der Waals surface area (Å²) in [7, 11) is 0.410. The maximum Gasteiger partial charge on any atom is 0.133 e. The Kier molecular flexibility index (Phi) is 5.47. The van der Waals surface area contributed by atoms with Crippen molar-refractivity contribution in [2.24, 2.45) is 0 Å². The highest BCUT2D eigenvalue weighted by molar-refractivity contribution is 14.1. The number of rotatable bonds is 4. The fraction of sp³-hybridized carbons (Fsp3) is 0.200. The van der Waals surface area contributed by atoms with Gasteiger partial charge in [-0.05, 0) is 57.8 Å². The van der Waals surface area contributed by atoms with Gasteiger partial charge in [-0.2, -0.15) is 0 Å². The summed E-state index contributed by atoms with van der Waals surface area (Å²) in [5.74, 6) is 1.13. The minimum atomic E-state index is 0.410. The minimum Gasteiger partial charge on any atom is -0.398 e. The van der Waals surface area contributed by atoms with Gasteiger partial charge in [0.25, 0.3) is 0 Å². The van der Waals surface area contributed by atoms with Crippen LogP contribution in [-0.2, 0) is 16.6 Å². The predicted octanol–water partition coefficient (Wildman–Crippen LogP) is 4.40. The van der Waals surface area contributed by atoms with E-state index in [1.54, 1.807) is 11.8 Å². The second kappa shape index (κ2) is 6.90. The zero-order chi connectivity index (χ0) is 13.8. The van der Waals surface area contributed by atoms with Gasteiger partial charge in [-0.3, -0.25) is 0 Å². The third kappa shape index (κ3) is 4.33. The largest absolute Gasteiger partial charge is 0.398 e. The molecule has 0 amide bonds. The van der Waals surface area contributed by atoms with Gasteiger partial charge in [0, 0.05) is 24.6 Å². The standard InChI is InChI=1S/C15H17INS2/c1-19(2)10-11-5-3-4-6-14(11)18-15-8-7-12(16)9-13(15)17/h3-9H,10,17H2,1-2H3/q+1. The minimum absolute atomic E-state index is 0.410. The van der Waals surface area contributed by atoms with Crippen LogP contribution in [0, 0.1) is 3.57 Å². The van der Waals surface area contributed by atoms with Crippen LogP contribution in [0.3, 0.4) is 0 Å². The maximum atomic E-state index is 6.10. The van der Waals surface area contributed by atoms with Crippen LogP contribution in [0.2, 0.25) is 0 Å². The monoisotopic (exact) mass is 402 g/mol. The molecule has 0 radical (unpaired) electrons. The van der Waals surface area contributed by atoms with Crippen molar-refractivity contribution in [2.75, 3.05) is 18.2 Å². The molecule has 0 atom stereocenters. The van der Waals surface area contributed by atoms with E-state index in [1.807, 2.05) is 6.07 Å². The quantitative estimate of drug-likeness (QED) is 0.466. The zero-order valence-corrected chi connectivity index (χ0v) is 14.8. The molecule has 4 heteroatoms. The van der Waals surface area contributed by atoms with E-state index in [0.29, 0.717) is 10.9 Å². The van der Waals surface area contributed by atoms with Crippen molar-refractivity contribution >= 4 is 50.9 Å². The van der Waals surface area contributed by atoms with Crippen molar-refractivity contribution in [1.29, 1.82) is 0 Å². The second-order valence-corrected chi connectivity index (χ2v) is 9.11. The first-order valence-electron chi connectivity index (χ1n) is 5.91. The van der Waals surface area contributed by atoms with Crippen LogP contribution < -0.4 is 5.73 Å². The molecular weight excluding hydrogens is 385 g/mol. The van der Waals surface area contributed by atoms with Crippen molar-refractivity contribution in [1.82, 2.24) is 0 Å². The highest BCUT2D eigenvalue weighted by Crippen LogP contribution is 2.35. The summed E-state index contributed by atoms with van der Waals surface area (Å²) in [6.07, 6.45) is 4.56. The van der Waals surface area contributed by atoms with E-state index in [0.717, 1.165) is 16.3 Å². The zero-order valence-electron chi connectivity index (χ0n) is 11.0. The molecule has 0 bridgehead atoms. The van der Waals surface area contributed by atoms with Crippen LogP contribution in [-0.4, -0.2) is 12.5 Å². The molecular formula is C15H17INS2+. The first kappa shape index (κ1) is 15.1. The van der Waals surface area contributed by atoms with Gasteiger partial charge in [-0.25, -0.2) is 0 Å². The lowest BCUT2D eigenvalue weighted by atomic mass is 10.2. The van der Waals surface area contributed by atoms with Gasteiger partial charge in [0.2, 0.25) is 0 Å². The van der Waals surface area contributed by atoms with Crippen LogP contribution >= 0.6 is 34.4 Å². The Morgan fingerprint density at radius 2 is 1.84 bits per heavy atom. The van der Waals surface area contributed by atoms with E-state index in [1.165, 1.54) is 14.0 Å². The Hall–Kier alpha value is -0.330. The van der Waals surface area contributed by atoms with Gasteiger partial charge >= 0.3 is 0 Å². The van der Waals surface area contributed by atoms with E-state index < -0.39 is 0 Å². The molecule has 1 nitrogen and oxygen atoms in total. The van der Waals surface area contributed by atoms with Crippen LogP contribution in [0.25, 0.3) is 0 Å². The highest BCUT2D eigenvalue weighted by Gasteiger charge is 2.11. The Labute approximate surface area is 135 Å². The molecule has 2 aromatic carbocycles. The second-order valence-electron chi connectivity index (χ2n) is 4.52. The summed E-state index contributed by atoms with van der Waals surface area (Å²) in [5.41, 5.74) is 8.37. The van der Waals surface area contributed by atoms with Gasteiger partial charge in [0.15, 0.2) is 0 Å². The number of hydrogen-bond acceptors (Lipinski definition) is 2. The molecule has 0 heterocycles. The summed E-state index contributed by atoms with van der Waals surface area (Å²) in [5, 5.41) is 0. The normalized spacial score (nSPS) is 10.9. The van der Waals surface area contributed by atoms with Crippen molar-refractivity contribution < 1.29 is 0 Å². The number of halogens is 1. The first-order chi connectivity index (χ1) is 9.06. The molecule has 0 unspecified atom stereocenters. The Balaban J connectivity index is 2.27. The molecule has 0 spiro atoms. The van der Waals surface area contributed by atoms with E-state index >= 15 is 0 Å². The number of hydrogen-bond donors (Lipinski definition) is 1. The first-order valence-corrected chi connectivity index (χ1v) is 10.0. The van der Waals surface area contributed by atoms with Crippen LogP contribution in [0.4, 0.5) is 5.69 Å². The molecule has 2 N–H and O–H groups in total. The Morgan fingerprint density at radius 3 is 2.53 bits per heavy atom. The third-order valence-electron chi connectivity index (χ3n) is 2.61. The van der Waals surface area contributed by atoms with Gasteiger partial charge in [0.1, 0.15) is 5.75 Å². The van der Waals surface area contributed by atoms with Crippen molar-refractivity contribution in [3.63, 3.8) is 0 Å². The van der Waals surface area contributed by atoms with E-state index in [9.17, 15) is 0 Å². The van der Waals surface area contributed by atoms with Crippen molar-refractivity contribution in [3.05, 3.63) is 51.6 Å². The number of nitrogens with two attached hydrogens (primary N) is 1. The molecule has 2 aromatic rings. The summed E-state index contributed by atoms with van der Waals surface area (Å²) in [6.45, 7) is 0. The lowest BCUT2D eigenvalue weighted by Gasteiger charge is -2.09. The van der Waals surface area contributed by atoms with E-state index in [2.05, 4.69) is 71.5 Å². The molecule has 0 fully saturated rings. The SMILES string of the molecule is C[S+](C)Cc1ccccc1Sc1ccc(I)cc1N. The maximum absolute atomic E-state index is 6.10. The number of nitrogen functional groups attached to an aromatic ring is 1. The molecule has 19 heavy (non-hydrogen) atoms. The predicted molar refractivity (Wildman–Crippen MR) is 97.1 cm³/mol. The summed E-state index contributed by atoms with van der Waals surface area (Å²) in [6, 6.07) is 14.8. The fourth-order valence-electron chi connectivity index (χ4n) is 1.76. The molecule has 100 valence electrons. The Morgan fingerprint density at radius 1 is 1.11 bits per heavy atom. The summed E-state index contributed by atoms with van der Waals surface area (Å²) in [4.78, 5) is 2.46. The molecule has 0 aromatic heterocycles. The van der Waals surface area contributed by atoms with Crippen LogP contribution in [0.15, 0.2) is 52.3 Å². The molecule has 0 saturated heterocycles. The van der Waals surface area contributed by atoms with Crippen molar-refractivity contribution in [3.8, 4) is 0 Å². The average Bonchev–Trinajstić information content (AvgIpc) is 2.34. The molecule has 0 saturated carbocycles. The van der Waals surface area contributed by atoms with Crippen molar-refractivity contribution in [2.45, 2.75) is 15.5 Å². The van der Waals surface area contributed by atoms with Gasteiger partial charge in [-0.15, -0.1) is 0 Å². The van der Waals surface area contributed by atoms with Gasteiger partial charge in [0.05, 0.1) is 12.5 Å². The van der Waals surface area contributed by atoms with Crippen LogP contribution in [0.5, 0.6) is 0 Å². The van der Waals surface area contributed by atoms with Gasteiger partial charge < -0.3 is 5.73 Å². The average molecular weight is 402 g/mol.